The number of nitrogens with one attached hydrogen (secondary N) is 1. The predicted octanol–water partition coefficient (Wildman–Crippen LogP) is 0.836. The van der Waals surface area contributed by atoms with Gasteiger partial charge in [0.1, 0.15) is 0 Å². The molecule has 2 aromatic rings. The van der Waals surface area contributed by atoms with Gasteiger partial charge in [-0.2, -0.15) is 5.10 Å². The number of rotatable bonds is 2. The lowest BCUT2D eigenvalue weighted by Crippen LogP contribution is -2.24. The number of hydrogen-bond donors (Lipinski definition) is 1. The second-order valence-electron chi connectivity index (χ2n) is 3.29. The first-order chi connectivity index (χ1) is 8.20. The van der Waals surface area contributed by atoms with Crippen molar-refractivity contribution in [3.05, 3.63) is 30.6 Å². The van der Waals surface area contributed by atoms with Crippen LogP contribution in [0.25, 0.3) is 5.52 Å². The number of aromatic nitrogens is 2. The third kappa shape index (κ3) is 2.41. The molecule has 88 valence electrons. The van der Waals surface area contributed by atoms with Crippen LogP contribution in [0.4, 0.5) is 5.69 Å². The second-order valence-corrected chi connectivity index (χ2v) is 3.29. The molecule has 0 aromatic carbocycles. The first-order valence-electron chi connectivity index (χ1n) is 5.12. The van der Waals surface area contributed by atoms with E-state index in [0.29, 0.717) is 5.69 Å². The molecule has 0 aliphatic rings. The van der Waals surface area contributed by atoms with Crippen LogP contribution >= 0.6 is 0 Å². The molecule has 0 saturated carbocycles. The van der Waals surface area contributed by atoms with Crippen LogP contribution in [0.3, 0.4) is 0 Å². The van der Waals surface area contributed by atoms with Crippen LogP contribution in [-0.2, 0) is 14.3 Å². The van der Waals surface area contributed by atoms with Crippen molar-refractivity contribution in [2.45, 2.75) is 6.92 Å². The first-order valence-corrected chi connectivity index (χ1v) is 5.12. The highest BCUT2D eigenvalue weighted by Crippen LogP contribution is 2.11. The van der Waals surface area contributed by atoms with E-state index in [2.05, 4.69) is 15.2 Å². The summed E-state index contributed by atoms with van der Waals surface area (Å²) in [7, 11) is 0. The Morgan fingerprint density at radius 1 is 1.47 bits per heavy atom. The maximum absolute atomic E-state index is 11.4. The highest BCUT2D eigenvalue weighted by molar-refractivity contribution is 6.37. The molecule has 0 fully saturated rings. The minimum Gasteiger partial charge on any atom is -0.459 e. The van der Waals surface area contributed by atoms with Crippen LogP contribution < -0.4 is 5.32 Å². The van der Waals surface area contributed by atoms with Crippen molar-refractivity contribution in [1.82, 2.24) is 9.61 Å². The van der Waals surface area contributed by atoms with Gasteiger partial charge in [0.05, 0.1) is 12.1 Å². The minimum absolute atomic E-state index is 0.175. The van der Waals surface area contributed by atoms with Gasteiger partial charge >= 0.3 is 11.9 Å². The van der Waals surface area contributed by atoms with Gasteiger partial charge in [-0.15, -0.1) is 0 Å². The molecule has 0 bridgehead atoms. The van der Waals surface area contributed by atoms with E-state index in [9.17, 15) is 9.59 Å². The van der Waals surface area contributed by atoms with E-state index >= 15 is 0 Å². The quantitative estimate of drug-likeness (QED) is 0.616. The molecule has 2 heterocycles. The standard InChI is InChI=1S/C11H11N3O3/c1-2-17-11(16)10(15)13-8-4-6-14-9(7-8)3-5-12-14/h3-7H,2H2,1H3,(H,13,15). The van der Waals surface area contributed by atoms with Gasteiger partial charge in [-0.1, -0.05) is 0 Å². The molecular formula is C11H11N3O3. The molecule has 17 heavy (non-hydrogen) atoms. The number of anilines is 1. The molecule has 1 N–H and O–H groups in total. The van der Waals surface area contributed by atoms with Crippen molar-refractivity contribution in [1.29, 1.82) is 0 Å². The molecule has 0 atom stereocenters. The Labute approximate surface area is 97.2 Å². The van der Waals surface area contributed by atoms with Crippen LogP contribution in [0.2, 0.25) is 0 Å². The fourth-order valence-corrected chi connectivity index (χ4v) is 1.38. The van der Waals surface area contributed by atoms with Crippen molar-refractivity contribution < 1.29 is 14.3 Å². The number of carbonyl (C=O) groups excluding carboxylic acids is 2. The minimum atomic E-state index is -0.888. The van der Waals surface area contributed by atoms with Gasteiger partial charge in [0, 0.05) is 18.1 Å². The zero-order valence-electron chi connectivity index (χ0n) is 9.21. The van der Waals surface area contributed by atoms with E-state index in [1.54, 1.807) is 42.0 Å². The lowest BCUT2D eigenvalue weighted by Gasteiger charge is -2.04. The molecule has 2 rings (SSSR count). The van der Waals surface area contributed by atoms with Crippen LogP contribution in [0.5, 0.6) is 0 Å². The Kier molecular flexibility index (Phi) is 3.04. The van der Waals surface area contributed by atoms with Gasteiger partial charge in [0.25, 0.3) is 0 Å². The summed E-state index contributed by atoms with van der Waals surface area (Å²) in [4.78, 5) is 22.5. The number of nitrogens with zero attached hydrogens (tertiary/aromatic N) is 2. The second kappa shape index (κ2) is 4.65. The number of amides is 1. The molecule has 0 unspecified atom stereocenters. The van der Waals surface area contributed by atoms with Gasteiger partial charge in [-0.05, 0) is 25.1 Å². The molecular weight excluding hydrogens is 222 g/mol. The fourth-order valence-electron chi connectivity index (χ4n) is 1.38. The number of fused-ring (bicyclic) bond motifs is 1. The Morgan fingerprint density at radius 3 is 3.06 bits per heavy atom. The molecule has 0 aliphatic carbocycles. The fraction of sp³-hybridized carbons (Fsp3) is 0.182. The van der Waals surface area contributed by atoms with Gasteiger partial charge in [0.15, 0.2) is 0 Å². The SMILES string of the molecule is CCOC(=O)C(=O)Nc1ccn2nccc2c1. The van der Waals surface area contributed by atoms with E-state index in [4.69, 9.17) is 0 Å². The monoisotopic (exact) mass is 233 g/mol. The van der Waals surface area contributed by atoms with E-state index in [-0.39, 0.29) is 6.61 Å². The number of esters is 1. The van der Waals surface area contributed by atoms with E-state index < -0.39 is 11.9 Å². The summed E-state index contributed by atoms with van der Waals surface area (Å²) in [5.74, 6) is -1.67. The van der Waals surface area contributed by atoms with Crippen molar-refractivity contribution in [3.8, 4) is 0 Å². The van der Waals surface area contributed by atoms with Gasteiger partial charge in [0.2, 0.25) is 0 Å². The largest absolute Gasteiger partial charge is 0.459 e. The number of ether oxygens (including phenoxy) is 1. The third-order valence-corrected chi connectivity index (χ3v) is 2.12. The van der Waals surface area contributed by atoms with Crippen molar-refractivity contribution in [2.24, 2.45) is 0 Å². The Hall–Kier alpha value is -2.37. The van der Waals surface area contributed by atoms with E-state index in [1.165, 1.54) is 0 Å². The average Bonchev–Trinajstić information content (AvgIpc) is 2.76. The van der Waals surface area contributed by atoms with Crippen LogP contribution in [0.1, 0.15) is 6.92 Å². The number of carbonyl (C=O) groups is 2. The Balaban J connectivity index is 2.12. The van der Waals surface area contributed by atoms with Crippen LogP contribution in [-0.4, -0.2) is 28.1 Å². The normalized spacial score (nSPS) is 10.2. The van der Waals surface area contributed by atoms with Gasteiger partial charge in [-0.3, -0.25) is 4.79 Å². The summed E-state index contributed by atoms with van der Waals surface area (Å²) in [6.07, 6.45) is 3.34. The molecule has 1 amide bonds. The third-order valence-electron chi connectivity index (χ3n) is 2.12. The molecule has 0 aliphatic heterocycles. The topological polar surface area (TPSA) is 72.7 Å². The van der Waals surface area contributed by atoms with E-state index in [1.807, 2.05) is 0 Å². The summed E-state index contributed by atoms with van der Waals surface area (Å²) in [6.45, 7) is 1.82. The smallest absolute Gasteiger partial charge is 0.397 e. The summed E-state index contributed by atoms with van der Waals surface area (Å²) in [5.41, 5.74) is 1.35. The molecule has 2 aromatic heterocycles. The van der Waals surface area contributed by atoms with Crippen LogP contribution in [0.15, 0.2) is 30.6 Å². The Morgan fingerprint density at radius 2 is 2.29 bits per heavy atom. The molecule has 0 saturated heterocycles. The van der Waals surface area contributed by atoms with Gasteiger partial charge in [-0.25, -0.2) is 9.31 Å². The Bertz CT molecular complexity index is 562. The summed E-state index contributed by atoms with van der Waals surface area (Å²) in [6, 6.07) is 5.15. The number of hydrogen-bond acceptors (Lipinski definition) is 4. The molecule has 6 heteroatoms. The molecule has 0 radical (unpaired) electrons. The summed E-state index contributed by atoms with van der Waals surface area (Å²) >= 11 is 0. The lowest BCUT2D eigenvalue weighted by molar-refractivity contribution is -0.152. The van der Waals surface area contributed by atoms with Crippen molar-refractivity contribution in [3.63, 3.8) is 0 Å². The first kappa shape index (κ1) is 11.1. The maximum Gasteiger partial charge on any atom is 0.397 e. The zero-order chi connectivity index (χ0) is 12.3. The lowest BCUT2D eigenvalue weighted by atomic mass is 10.3. The van der Waals surface area contributed by atoms with Crippen molar-refractivity contribution >= 4 is 23.1 Å². The van der Waals surface area contributed by atoms with Crippen LogP contribution in [0, 0.1) is 0 Å². The zero-order valence-corrected chi connectivity index (χ0v) is 9.21. The number of pyridine rings is 1. The average molecular weight is 233 g/mol. The summed E-state index contributed by atoms with van der Waals surface area (Å²) < 4.78 is 6.23. The maximum atomic E-state index is 11.4. The van der Waals surface area contributed by atoms with Gasteiger partial charge < -0.3 is 10.1 Å². The highest BCUT2D eigenvalue weighted by Gasteiger charge is 2.14. The highest BCUT2D eigenvalue weighted by atomic mass is 16.5. The molecule has 0 spiro atoms. The molecule has 6 nitrogen and oxygen atoms in total. The summed E-state index contributed by atoms with van der Waals surface area (Å²) in [5, 5.41) is 6.47. The van der Waals surface area contributed by atoms with E-state index in [0.717, 1.165) is 5.52 Å². The van der Waals surface area contributed by atoms with Crippen molar-refractivity contribution in [2.75, 3.05) is 11.9 Å². The predicted molar refractivity (Wildman–Crippen MR) is 60.5 cm³/mol.